The summed E-state index contributed by atoms with van der Waals surface area (Å²) >= 11 is 1.58. The van der Waals surface area contributed by atoms with Crippen LogP contribution in [0.15, 0.2) is 22.3 Å². The molecule has 1 amide bonds. The van der Waals surface area contributed by atoms with E-state index in [1.54, 1.807) is 15.9 Å². The lowest BCUT2D eigenvalue weighted by Gasteiger charge is -2.00. The maximum Gasteiger partial charge on any atom is 0.346 e. The number of nitrogens with one attached hydrogen (secondary N) is 1. The Hall–Kier alpha value is -1.89. The summed E-state index contributed by atoms with van der Waals surface area (Å²) in [5, 5.41) is 9.10. The summed E-state index contributed by atoms with van der Waals surface area (Å²) in [7, 11) is 0. The molecule has 3 rings (SSSR count). The topological polar surface area (TPSA) is 68.9 Å². The van der Waals surface area contributed by atoms with Crippen LogP contribution in [0.1, 0.15) is 25.8 Å². The molecule has 0 bridgehead atoms. The van der Waals surface area contributed by atoms with Gasteiger partial charge in [-0.3, -0.25) is 9.36 Å². The number of rotatable bonds is 5. The third-order valence-electron chi connectivity index (χ3n) is 3.22. The zero-order valence-electron chi connectivity index (χ0n) is 11.2. The van der Waals surface area contributed by atoms with E-state index in [9.17, 15) is 9.59 Å². The first-order chi connectivity index (χ1) is 9.66. The first kappa shape index (κ1) is 13.1. The van der Waals surface area contributed by atoms with E-state index in [2.05, 4.69) is 10.4 Å². The third kappa shape index (κ3) is 2.53. The van der Waals surface area contributed by atoms with Crippen LogP contribution in [-0.2, 0) is 11.3 Å². The van der Waals surface area contributed by atoms with Crippen molar-refractivity contribution in [3.8, 4) is 10.7 Å². The summed E-state index contributed by atoms with van der Waals surface area (Å²) in [6.07, 6.45) is 2.07. The van der Waals surface area contributed by atoms with Crippen molar-refractivity contribution in [2.45, 2.75) is 32.4 Å². The minimum atomic E-state index is -0.0989. The first-order valence-corrected chi connectivity index (χ1v) is 7.52. The molecule has 1 fully saturated rings. The molecule has 0 aliphatic heterocycles. The zero-order chi connectivity index (χ0) is 14.1. The molecular formula is C13H16N4O2S. The van der Waals surface area contributed by atoms with Crippen LogP contribution in [-0.4, -0.2) is 26.8 Å². The zero-order valence-corrected chi connectivity index (χ0v) is 12.0. The predicted octanol–water partition coefficient (Wildman–Crippen LogP) is 1.24. The molecule has 2 aromatic rings. The molecule has 2 heterocycles. The standard InChI is InChI=1S/C13H16N4O2S/c1-9(18)14-6-7-16-13(19)17(10-4-5-10)12(15-16)11-3-2-8-20-11/h2-3,8,10H,4-7H2,1H3,(H,14,18). The lowest BCUT2D eigenvalue weighted by atomic mass is 10.4. The van der Waals surface area contributed by atoms with Gasteiger partial charge in [0.15, 0.2) is 5.82 Å². The van der Waals surface area contributed by atoms with Gasteiger partial charge in [0.1, 0.15) is 0 Å². The molecule has 0 unspecified atom stereocenters. The van der Waals surface area contributed by atoms with Crippen LogP contribution in [0.3, 0.4) is 0 Å². The number of nitrogens with zero attached hydrogens (tertiary/aromatic N) is 3. The maximum absolute atomic E-state index is 12.4. The van der Waals surface area contributed by atoms with Crippen molar-refractivity contribution < 1.29 is 4.79 Å². The Morgan fingerprint density at radius 1 is 1.55 bits per heavy atom. The molecule has 0 atom stereocenters. The number of thiophene rings is 1. The second-order valence-corrected chi connectivity index (χ2v) is 5.84. The van der Waals surface area contributed by atoms with E-state index in [-0.39, 0.29) is 17.6 Å². The largest absolute Gasteiger partial charge is 0.354 e. The van der Waals surface area contributed by atoms with Crippen LogP contribution in [0.4, 0.5) is 0 Å². The molecule has 0 spiro atoms. The van der Waals surface area contributed by atoms with Gasteiger partial charge in [0.25, 0.3) is 0 Å². The average Bonchev–Trinajstić information content (AvgIpc) is 2.98. The SMILES string of the molecule is CC(=O)NCCn1nc(-c2cccs2)n(C2CC2)c1=O. The quantitative estimate of drug-likeness (QED) is 0.901. The highest BCUT2D eigenvalue weighted by molar-refractivity contribution is 7.13. The normalized spacial score (nSPS) is 14.4. The number of aromatic nitrogens is 3. The van der Waals surface area contributed by atoms with Gasteiger partial charge >= 0.3 is 5.69 Å². The second-order valence-electron chi connectivity index (χ2n) is 4.89. The van der Waals surface area contributed by atoms with Crippen LogP contribution in [0.5, 0.6) is 0 Å². The second kappa shape index (κ2) is 5.24. The van der Waals surface area contributed by atoms with Gasteiger partial charge in [0, 0.05) is 19.5 Å². The average molecular weight is 292 g/mol. The summed E-state index contributed by atoms with van der Waals surface area (Å²) in [5.74, 6) is 0.647. The van der Waals surface area contributed by atoms with Crippen molar-refractivity contribution in [1.82, 2.24) is 19.7 Å². The van der Waals surface area contributed by atoms with E-state index in [1.807, 2.05) is 17.5 Å². The summed E-state index contributed by atoms with van der Waals surface area (Å²) in [5.41, 5.74) is -0.0822. The van der Waals surface area contributed by atoms with Crippen molar-refractivity contribution in [2.75, 3.05) is 6.54 Å². The van der Waals surface area contributed by atoms with E-state index < -0.39 is 0 Å². The smallest absolute Gasteiger partial charge is 0.346 e. The predicted molar refractivity (Wildman–Crippen MR) is 76.8 cm³/mol. The van der Waals surface area contributed by atoms with Crippen LogP contribution in [0.25, 0.3) is 10.7 Å². The van der Waals surface area contributed by atoms with Crippen LogP contribution in [0.2, 0.25) is 0 Å². The number of amides is 1. The lowest BCUT2D eigenvalue weighted by Crippen LogP contribution is -2.31. The van der Waals surface area contributed by atoms with Crippen molar-refractivity contribution in [1.29, 1.82) is 0 Å². The molecule has 1 aliphatic rings. The maximum atomic E-state index is 12.4. The fraction of sp³-hybridized carbons (Fsp3) is 0.462. The van der Waals surface area contributed by atoms with Gasteiger partial charge in [-0.15, -0.1) is 16.4 Å². The van der Waals surface area contributed by atoms with Crippen LogP contribution in [0, 0.1) is 0 Å². The minimum absolute atomic E-state index is 0.0822. The number of hydrogen-bond acceptors (Lipinski definition) is 4. The Bertz CT molecular complexity index is 667. The van der Waals surface area contributed by atoms with Crippen molar-refractivity contribution >= 4 is 17.2 Å². The Morgan fingerprint density at radius 2 is 2.35 bits per heavy atom. The molecule has 1 aliphatic carbocycles. The van der Waals surface area contributed by atoms with Crippen molar-refractivity contribution in [3.05, 3.63) is 28.0 Å². The molecule has 20 heavy (non-hydrogen) atoms. The summed E-state index contributed by atoms with van der Waals surface area (Å²) in [4.78, 5) is 24.3. The molecular weight excluding hydrogens is 276 g/mol. The third-order valence-corrected chi connectivity index (χ3v) is 4.09. The minimum Gasteiger partial charge on any atom is -0.354 e. The van der Waals surface area contributed by atoms with Gasteiger partial charge in [-0.2, -0.15) is 0 Å². The van der Waals surface area contributed by atoms with Crippen LogP contribution >= 0.6 is 11.3 Å². The Morgan fingerprint density at radius 3 is 2.95 bits per heavy atom. The molecule has 0 saturated heterocycles. The van der Waals surface area contributed by atoms with Crippen molar-refractivity contribution in [3.63, 3.8) is 0 Å². The van der Waals surface area contributed by atoms with Gasteiger partial charge in [-0.25, -0.2) is 9.48 Å². The van der Waals surface area contributed by atoms with Gasteiger partial charge in [0.05, 0.1) is 11.4 Å². The highest BCUT2D eigenvalue weighted by Gasteiger charge is 2.30. The van der Waals surface area contributed by atoms with E-state index in [0.717, 1.165) is 23.5 Å². The molecule has 1 N–H and O–H groups in total. The lowest BCUT2D eigenvalue weighted by molar-refractivity contribution is -0.118. The molecule has 0 aromatic carbocycles. The Kier molecular flexibility index (Phi) is 3.43. The van der Waals surface area contributed by atoms with E-state index >= 15 is 0 Å². The number of carbonyl (C=O) groups excluding carboxylic acids is 1. The van der Waals surface area contributed by atoms with Gasteiger partial charge < -0.3 is 5.32 Å². The number of hydrogen-bond donors (Lipinski definition) is 1. The number of carbonyl (C=O) groups is 1. The Labute approximate surface area is 120 Å². The molecule has 6 nitrogen and oxygen atoms in total. The molecule has 2 aromatic heterocycles. The van der Waals surface area contributed by atoms with E-state index in [4.69, 9.17) is 0 Å². The fourth-order valence-corrected chi connectivity index (χ4v) is 2.84. The van der Waals surface area contributed by atoms with E-state index in [0.29, 0.717) is 13.1 Å². The molecule has 7 heteroatoms. The first-order valence-electron chi connectivity index (χ1n) is 6.64. The van der Waals surface area contributed by atoms with Crippen LogP contribution < -0.4 is 11.0 Å². The summed E-state index contributed by atoms with van der Waals surface area (Å²) < 4.78 is 3.24. The van der Waals surface area contributed by atoms with Gasteiger partial charge in [0.2, 0.25) is 5.91 Å². The van der Waals surface area contributed by atoms with Crippen molar-refractivity contribution in [2.24, 2.45) is 0 Å². The van der Waals surface area contributed by atoms with Gasteiger partial charge in [-0.1, -0.05) is 6.07 Å². The summed E-state index contributed by atoms with van der Waals surface area (Å²) in [6.45, 7) is 2.28. The molecule has 106 valence electrons. The molecule has 0 radical (unpaired) electrons. The summed E-state index contributed by atoms with van der Waals surface area (Å²) in [6, 6.07) is 4.22. The highest BCUT2D eigenvalue weighted by atomic mass is 32.1. The Balaban J connectivity index is 1.90. The molecule has 1 saturated carbocycles. The highest BCUT2D eigenvalue weighted by Crippen LogP contribution is 2.37. The fourth-order valence-electron chi connectivity index (χ4n) is 2.14. The monoisotopic (exact) mass is 292 g/mol. The van der Waals surface area contributed by atoms with E-state index in [1.165, 1.54) is 11.6 Å². The van der Waals surface area contributed by atoms with Gasteiger partial charge in [-0.05, 0) is 24.3 Å².